The van der Waals surface area contributed by atoms with E-state index >= 15 is 0 Å². The molecule has 1 aliphatic rings. The zero-order chi connectivity index (χ0) is 24.7. The Morgan fingerprint density at radius 3 is 2.68 bits per heavy atom. The minimum Gasteiger partial charge on any atom is -0.453 e. The Hall–Kier alpha value is -2.83. The Bertz CT molecular complexity index is 1110. The standard InChI is InChI=1S/C22H30N4O7S/c1-4-5-19-24-20(33-25-19)8-9-21(27)32-16(3)22(28)23-17-7-6-15(2)18(14-17)34(29,30)26-10-12-31-13-11-26/h6-7,14,16H,4-5,8-13H2,1-3H3,(H,23,28)/t16-/m1/s1. The molecule has 12 heteroatoms. The van der Waals surface area contributed by atoms with E-state index in [4.69, 9.17) is 14.0 Å². The number of rotatable bonds is 10. The number of carbonyl (C=O) groups is 2. The summed E-state index contributed by atoms with van der Waals surface area (Å²) in [6, 6.07) is 4.64. The Balaban J connectivity index is 1.56. The quantitative estimate of drug-likeness (QED) is 0.490. The van der Waals surface area contributed by atoms with E-state index in [0.29, 0.717) is 42.6 Å². The van der Waals surface area contributed by atoms with Gasteiger partial charge in [0.05, 0.1) is 24.5 Å². The average molecular weight is 495 g/mol. The highest BCUT2D eigenvalue weighted by atomic mass is 32.2. The van der Waals surface area contributed by atoms with E-state index in [0.717, 1.165) is 6.42 Å². The summed E-state index contributed by atoms with van der Waals surface area (Å²) in [4.78, 5) is 29.0. The molecule has 0 aliphatic carbocycles. The van der Waals surface area contributed by atoms with Gasteiger partial charge in [-0.2, -0.15) is 9.29 Å². The molecular weight excluding hydrogens is 464 g/mol. The van der Waals surface area contributed by atoms with E-state index in [2.05, 4.69) is 15.5 Å². The van der Waals surface area contributed by atoms with Gasteiger partial charge in [0.2, 0.25) is 15.9 Å². The lowest BCUT2D eigenvalue weighted by Crippen LogP contribution is -2.40. The van der Waals surface area contributed by atoms with Gasteiger partial charge in [0.25, 0.3) is 5.91 Å². The molecule has 0 spiro atoms. The molecule has 1 aromatic carbocycles. The number of aryl methyl sites for hydroxylation is 3. The number of nitrogens with zero attached hydrogens (tertiary/aromatic N) is 3. The maximum absolute atomic E-state index is 13.0. The van der Waals surface area contributed by atoms with Gasteiger partial charge in [0.15, 0.2) is 11.9 Å². The number of hydrogen-bond donors (Lipinski definition) is 1. The van der Waals surface area contributed by atoms with Crippen LogP contribution < -0.4 is 5.32 Å². The van der Waals surface area contributed by atoms with Crippen molar-refractivity contribution in [2.75, 3.05) is 31.6 Å². The Morgan fingerprint density at radius 1 is 1.24 bits per heavy atom. The van der Waals surface area contributed by atoms with Crippen LogP contribution in [0.1, 0.15) is 44.0 Å². The molecule has 0 saturated carbocycles. The summed E-state index contributed by atoms with van der Waals surface area (Å²) in [5.41, 5.74) is 0.853. The van der Waals surface area contributed by atoms with Crippen LogP contribution in [0.4, 0.5) is 5.69 Å². The number of morpholine rings is 1. The molecule has 3 rings (SSSR count). The molecular formula is C22H30N4O7S. The summed E-state index contributed by atoms with van der Waals surface area (Å²) in [6.07, 6.45) is 0.698. The maximum Gasteiger partial charge on any atom is 0.307 e. The van der Waals surface area contributed by atoms with E-state index in [1.807, 2.05) is 6.92 Å². The minimum atomic E-state index is -3.73. The first kappa shape index (κ1) is 25.8. The molecule has 0 radical (unpaired) electrons. The molecule has 0 unspecified atom stereocenters. The minimum absolute atomic E-state index is 0.0160. The van der Waals surface area contributed by atoms with Crippen molar-refractivity contribution < 1.29 is 32.0 Å². The van der Waals surface area contributed by atoms with Crippen LogP contribution in [0.2, 0.25) is 0 Å². The maximum atomic E-state index is 13.0. The molecule has 1 saturated heterocycles. The third-order valence-electron chi connectivity index (χ3n) is 5.25. The SMILES string of the molecule is CCCc1noc(CCC(=O)O[C@H](C)C(=O)Nc2ccc(C)c(S(=O)(=O)N3CCOCC3)c2)n1. The Labute approximate surface area is 198 Å². The molecule has 1 amide bonds. The second-order valence-electron chi connectivity index (χ2n) is 7.97. The lowest BCUT2D eigenvalue weighted by molar-refractivity contribution is -0.153. The fourth-order valence-electron chi connectivity index (χ4n) is 3.36. The zero-order valence-electron chi connectivity index (χ0n) is 19.6. The van der Waals surface area contributed by atoms with Crippen LogP contribution in [-0.4, -0.2) is 67.1 Å². The topological polar surface area (TPSA) is 141 Å². The summed E-state index contributed by atoms with van der Waals surface area (Å²) in [6.45, 7) is 6.36. The zero-order valence-corrected chi connectivity index (χ0v) is 20.4. The van der Waals surface area contributed by atoms with Crippen LogP contribution in [0.25, 0.3) is 0 Å². The molecule has 2 heterocycles. The van der Waals surface area contributed by atoms with E-state index in [9.17, 15) is 18.0 Å². The van der Waals surface area contributed by atoms with Gasteiger partial charge in [-0.15, -0.1) is 0 Å². The first-order valence-corrected chi connectivity index (χ1v) is 12.6. The average Bonchev–Trinajstić information content (AvgIpc) is 3.27. The third-order valence-corrected chi connectivity index (χ3v) is 7.29. The smallest absolute Gasteiger partial charge is 0.307 e. The molecule has 1 atom stereocenters. The van der Waals surface area contributed by atoms with Crippen LogP contribution in [0.3, 0.4) is 0 Å². The second kappa shape index (κ2) is 11.5. The first-order chi connectivity index (χ1) is 16.2. The lowest BCUT2D eigenvalue weighted by Gasteiger charge is -2.27. The molecule has 186 valence electrons. The summed E-state index contributed by atoms with van der Waals surface area (Å²) >= 11 is 0. The summed E-state index contributed by atoms with van der Waals surface area (Å²) in [5, 5.41) is 6.44. The number of amides is 1. The van der Waals surface area contributed by atoms with Gasteiger partial charge >= 0.3 is 5.97 Å². The van der Waals surface area contributed by atoms with Crippen molar-refractivity contribution >= 4 is 27.6 Å². The monoisotopic (exact) mass is 494 g/mol. The summed E-state index contributed by atoms with van der Waals surface area (Å²) < 4.78 is 42.9. The number of aromatic nitrogens is 2. The first-order valence-electron chi connectivity index (χ1n) is 11.2. The normalized spacial score (nSPS) is 15.6. The molecule has 1 N–H and O–H groups in total. The number of benzene rings is 1. The van der Waals surface area contributed by atoms with Gasteiger partial charge in [-0.3, -0.25) is 9.59 Å². The Morgan fingerprint density at radius 2 is 1.97 bits per heavy atom. The van der Waals surface area contributed by atoms with Crippen LogP contribution in [0.5, 0.6) is 0 Å². The van der Waals surface area contributed by atoms with Gasteiger partial charge in [-0.1, -0.05) is 18.1 Å². The highest BCUT2D eigenvalue weighted by Crippen LogP contribution is 2.24. The van der Waals surface area contributed by atoms with Crippen molar-refractivity contribution in [2.24, 2.45) is 0 Å². The summed E-state index contributed by atoms with van der Waals surface area (Å²) in [7, 11) is -3.73. The van der Waals surface area contributed by atoms with Crippen molar-refractivity contribution in [3.8, 4) is 0 Å². The molecule has 0 bridgehead atoms. The summed E-state index contributed by atoms with van der Waals surface area (Å²) in [5.74, 6) is -0.231. The molecule has 1 aliphatic heterocycles. The number of hydrogen-bond acceptors (Lipinski definition) is 9. The second-order valence-corrected chi connectivity index (χ2v) is 9.88. The van der Waals surface area contributed by atoms with Crippen LogP contribution >= 0.6 is 0 Å². The van der Waals surface area contributed by atoms with E-state index in [1.165, 1.54) is 17.3 Å². The number of sulfonamides is 1. The van der Waals surface area contributed by atoms with Crippen LogP contribution in [-0.2, 0) is 41.9 Å². The molecule has 1 aromatic heterocycles. The van der Waals surface area contributed by atoms with Gasteiger partial charge in [-0.05, 0) is 38.0 Å². The Kier molecular flexibility index (Phi) is 8.75. The van der Waals surface area contributed by atoms with Gasteiger partial charge in [0.1, 0.15) is 0 Å². The number of anilines is 1. The van der Waals surface area contributed by atoms with Crippen molar-refractivity contribution in [1.29, 1.82) is 0 Å². The van der Waals surface area contributed by atoms with E-state index in [1.54, 1.807) is 19.1 Å². The van der Waals surface area contributed by atoms with Gasteiger partial charge < -0.3 is 19.3 Å². The van der Waals surface area contributed by atoms with Crippen molar-refractivity contribution in [2.45, 2.75) is 57.5 Å². The molecule has 1 fully saturated rings. The lowest BCUT2D eigenvalue weighted by atomic mass is 10.2. The molecule has 34 heavy (non-hydrogen) atoms. The largest absolute Gasteiger partial charge is 0.453 e. The molecule has 11 nitrogen and oxygen atoms in total. The number of carbonyl (C=O) groups excluding carboxylic acids is 2. The third kappa shape index (κ3) is 6.61. The fourth-order valence-corrected chi connectivity index (χ4v) is 5.02. The van der Waals surface area contributed by atoms with Crippen LogP contribution in [0, 0.1) is 6.92 Å². The highest BCUT2D eigenvalue weighted by Gasteiger charge is 2.28. The molecule has 2 aromatic rings. The fraction of sp³-hybridized carbons (Fsp3) is 0.545. The number of nitrogens with one attached hydrogen (secondary N) is 1. The number of ether oxygens (including phenoxy) is 2. The predicted molar refractivity (Wildman–Crippen MR) is 122 cm³/mol. The van der Waals surface area contributed by atoms with Gasteiger partial charge in [0, 0.05) is 31.6 Å². The number of esters is 1. The van der Waals surface area contributed by atoms with Gasteiger partial charge in [-0.25, -0.2) is 8.42 Å². The van der Waals surface area contributed by atoms with E-state index < -0.39 is 28.0 Å². The van der Waals surface area contributed by atoms with Crippen LogP contribution in [0.15, 0.2) is 27.6 Å². The predicted octanol–water partition coefficient (Wildman–Crippen LogP) is 1.85. The highest BCUT2D eigenvalue weighted by molar-refractivity contribution is 7.89. The van der Waals surface area contributed by atoms with Crippen molar-refractivity contribution in [1.82, 2.24) is 14.4 Å². The van der Waals surface area contributed by atoms with Crippen molar-refractivity contribution in [3.05, 3.63) is 35.5 Å². The van der Waals surface area contributed by atoms with E-state index in [-0.39, 0.29) is 30.8 Å². The van der Waals surface area contributed by atoms with Crippen molar-refractivity contribution in [3.63, 3.8) is 0 Å².